The zero-order valence-corrected chi connectivity index (χ0v) is 11.3. The second-order valence-corrected chi connectivity index (χ2v) is 6.03. The average molecular weight is 303 g/mol. The smallest absolute Gasteiger partial charge is 0.294 e. The van der Waals surface area contributed by atoms with Crippen molar-refractivity contribution in [3.63, 3.8) is 0 Å². The van der Waals surface area contributed by atoms with E-state index in [0.717, 1.165) is 12.1 Å². The molecule has 0 atom stereocenters. The van der Waals surface area contributed by atoms with Crippen LogP contribution in [-0.2, 0) is 10.1 Å². The first kappa shape index (κ1) is 13.5. The van der Waals surface area contributed by atoms with Crippen molar-refractivity contribution in [2.45, 2.75) is 4.90 Å². The number of nitrogen functional groups attached to an aromatic ring is 1. The molecule has 0 unspecified atom stereocenters. The van der Waals surface area contributed by atoms with E-state index >= 15 is 0 Å². The van der Waals surface area contributed by atoms with Crippen LogP contribution in [0.15, 0.2) is 41.3 Å². The maximum absolute atomic E-state index is 12.4. The van der Waals surface area contributed by atoms with Crippen LogP contribution in [-0.4, -0.2) is 24.5 Å². The first-order chi connectivity index (χ1) is 9.80. The van der Waals surface area contributed by atoms with Gasteiger partial charge >= 0.3 is 0 Å². The highest BCUT2D eigenvalue weighted by Crippen LogP contribution is 2.31. The van der Waals surface area contributed by atoms with Crippen molar-refractivity contribution in [1.82, 2.24) is 0 Å². The van der Waals surface area contributed by atoms with Gasteiger partial charge in [0.25, 0.3) is 10.1 Å². The lowest BCUT2D eigenvalue weighted by Crippen LogP contribution is -2.22. The number of hydrogen-bond acceptors (Lipinski definition) is 5. The van der Waals surface area contributed by atoms with Gasteiger partial charge in [-0.05, 0) is 24.3 Å². The molecule has 3 rings (SSSR count). The topological polar surface area (TPSA) is 115 Å². The van der Waals surface area contributed by atoms with Gasteiger partial charge in [0.2, 0.25) is 0 Å². The minimum atomic E-state index is -4.46. The Kier molecular flexibility index (Phi) is 2.72. The highest BCUT2D eigenvalue weighted by molar-refractivity contribution is 7.85. The van der Waals surface area contributed by atoms with Crippen molar-refractivity contribution in [2.75, 3.05) is 5.73 Å². The molecule has 0 heterocycles. The molecule has 106 valence electrons. The van der Waals surface area contributed by atoms with E-state index in [-0.39, 0.29) is 27.9 Å². The van der Waals surface area contributed by atoms with Crippen LogP contribution in [0.4, 0.5) is 5.69 Å². The standard InChI is InChI=1S/C14H9NO5S/c15-11-3-1-2-9-12(11)14(17)10-6-7(21(18,19)20)4-5-8(10)13(9)16/h1-6H,15H2,(H,18,19,20). The lowest BCUT2D eigenvalue weighted by Gasteiger charge is -2.19. The molecule has 2 aromatic carbocycles. The monoisotopic (exact) mass is 303 g/mol. The fourth-order valence-electron chi connectivity index (χ4n) is 2.36. The van der Waals surface area contributed by atoms with Gasteiger partial charge in [-0.25, -0.2) is 0 Å². The first-order valence-electron chi connectivity index (χ1n) is 5.90. The Bertz CT molecular complexity index is 915. The van der Waals surface area contributed by atoms with Gasteiger partial charge in [-0.2, -0.15) is 8.42 Å². The molecule has 21 heavy (non-hydrogen) atoms. The van der Waals surface area contributed by atoms with Gasteiger partial charge in [-0.3, -0.25) is 14.1 Å². The van der Waals surface area contributed by atoms with Gasteiger partial charge in [0.15, 0.2) is 11.6 Å². The highest BCUT2D eigenvalue weighted by Gasteiger charge is 2.32. The molecule has 0 fully saturated rings. The second kappa shape index (κ2) is 4.24. The quantitative estimate of drug-likeness (QED) is 0.517. The SMILES string of the molecule is Nc1cccc2c1C(=O)c1cc(S(=O)(=O)O)ccc1C2=O. The molecular weight excluding hydrogens is 294 g/mol. The van der Waals surface area contributed by atoms with Crippen molar-refractivity contribution >= 4 is 27.4 Å². The Hall–Kier alpha value is -2.51. The number of nitrogens with two attached hydrogens (primary N) is 1. The van der Waals surface area contributed by atoms with Gasteiger partial charge in [0.1, 0.15) is 0 Å². The maximum atomic E-state index is 12.4. The summed E-state index contributed by atoms with van der Waals surface area (Å²) in [6.45, 7) is 0. The number of fused-ring (bicyclic) bond motifs is 2. The lowest BCUT2D eigenvalue weighted by atomic mass is 9.83. The maximum Gasteiger partial charge on any atom is 0.294 e. The molecule has 3 N–H and O–H groups in total. The van der Waals surface area contributed by atoms with E-state index in [2.05, 4.69) is 0 Å². The molecule has 0 saturated heterocycles. The number of carbonyl (C=O) groups is 2. The Labute approximate surface area is 120 Å². The van der Waals surface area contributed by atoms with E-state index in [0.29, 0.717) is 0 Å². The molecule has 7 heteroatoms. The van der Waals surface area contributed by atoms with Gasteiger partial charge < -0.3 is 5.73 Å². The summed E-state index contributed by atoms with van der Waals surface area (Å²) in [5.41, 5.74) is 6.13. The molecule has 2 aromatic rings. The van der Waals surface area contributed by atoms with Crippen molar-refractivity contribution in [2.24, 2.45) is 0 Å². The average Bonchev–Trinajstić information content (AvgIpc) is 2.43. The molecule has 1 aliphatic rings. The zero-order valence-electron chi connectivity index (χ0n) is 10.5. The summed E-state index contributed by atoms with van der Waals surface area (Å²) in [5.74, 6) is -0.947. The summed E-state index contributed by atoms with van der Waals surface area (Å²) in [6, 6.07) is 7.83. The van der Waals surface area contributed by atoms with Gasteiger partial charge in [0.05, 0.1) is 10.5 Å². The molecule has 0 saturated carbocycles. The molecule has 0 aliphatic heterocycles. The second-order valence-electron chi connectivity index (χ2n) is 4.61. The fraction of sp³-hybridized carbons (Fsp3) is 0. The molecule has 0 bridgehead atoms. The van der Waals surface area contributed by atoms with Crippen LogP contribution in [0.25, 0.3) is 0 Å². The minimum absolute atomic E-state index is 0.0579. The van der Waals surface area contributed by atoms with Crippen LogP contribution in [0.5, 0.6) is 0 Å². The third-order valence-electron chi connectivity index (χ3n) is 3.35. The third kappa shape index (κ3) is 1.94. The van der Waals surface area contributed by atoms with Crippen LogP contribution in [0, 0.1) is 0 Å². The predicted octanol–water partition coefficient (Wildman–Crippen LogP) is 1.29. The van der Waals surface area contributed by atoms with E-state index < -0.39 is 26.6 Å². The molecule has 0 radical (unpaired) electrons. The van der Waals surface area contributed by atoms with Crippen LogP contribution in [0.3, 0.4) is 0 Å². The Morgan fingerprint density at radius 1 is 0.905 bits per heavy atom. The van der Waals surface area contributed by atoms with Gasteiger partial charge in [-0.1, -0.05) is 12.1 Å². The Morgan fingerprint density at radius 3 is 2.29 bits per heavy atom. The number of rotatable bonds is 1. The molecular formula is C14H9NO5S. The summed E-state index contributed by atoms with van der Waals surface area (Å²) in [4.78, 5) is 24.3. The Morgan fingerprint density at radius 2 is 1.62 bits per heavy atom. The van der Waals surface area contributed by atoms with E-state index in [4.69, 9.17) is 10.3 Å². The van der Waals surface area contributed by atoms with Crippen LogP contribution >= 0.6 is 0 Å². The van der Waals surface area contributed by atoms with Crippen molar-refractivity contribution < 1.29 is 22.6 Å². The van der Waals surface area contributed by atoms with Crippen LogP contribution in [0.2, 0.25) is 0 Å². The van der Waals surface area contributed by atoms with Crippen molar-refractivity contribution in [3.8, 4) is 0 Å². The first-order valence-corrected chi connectivity index (χ1v) is 7.34. The summed E-state index contributed by atoms with van der Waals surface area (Å²) in [5, 5.41) is 0. The molecule has 1 aliphatic carbocycles. The normalized spacial score (nSPS) is 13.8. The summed E-state index contributed by atoms with van der Waals surface area (Å²) < 4.78 is 31.4. The summed E-state index contributed by atoms with van der Waals surface area (Å²) >= 11 is 0. The lowest BCUT2D eigenvalue weighted by molar-refractivity contribution is 0.0979. The summed E-state index contributed by atoms with van der Waals surface area (Å²) in [7, 11) is -4.46. The van der Waals surface area contributed by atoms with E-state index in [1.807, 2.05) is 0 Å². The number of anilines is 1. The molecule has 6 nitrogen and oxygen atoms in total. The van der Waals surface area contributed by atoms with Crippen LogP contribution in [0.1, 0.15) is 31.8 Å². The Balaban J connectivity index is 2.32. The predicted molar refractivity (Wildman–Crippen MR) is 74.0 cm³/mol. The largest absolute Gasteiger partial charge is 0.398 e. The molecule has 0 aromatic heterocycles. The summed E-state index contributed by atoms with van der Waals surface area (Å²) in [6.07, 6.45) is 0. The van der Waals surface area contributed by atoms with Crippen molar-refractivity contribution in [1.29, 1.82) is 0 Å². The number of carbonyl (C=O) groups excluding carboxylic acids is 2. The van der Waals surface area contributed by atoms with E-state index in [1.54, 1.807) is 6.07 Å². The van der Waals surface area contributed by atoms with E-state index in [1.165, 1.54) is 18.2 Å². The number of ketones is 2. The zero-order chi connectivity index (χ0) is 15.4. The van der Waals surface area contributed by atoms with Crippen molar-refractivity contribution in [3.05, 3.63) is 58.7 Å². The fourth-order valence-corrected chi connectivity index (χ4v) is 2.87. The number of benzene rings is 2. The van der Waals surface area contributed by atoms with Gasteiger partial charge in [-0.15, -0.1) is 0 Å². The van der Waals surface area contributed by atoms with Crippen LogP contribution < -0.4 is 5.73 Å². The molecule has 0 spiro atoms. The highest BCUT2D eigenvalue weighted by atomic mass is 32.2. The third-order valence-corrected chi connectivity index (χ3v) is 4.20. The molecule has 0 amide bonds. The van der Waals surface area contributed by atoms with Gasteiger partial charge in [0, 0.05) is 22.4 Å². The minimum Gasteiger partial charge on any atom is -0.398 e. The van der Waals surface area contributed by atoms with E-state index in [9.17, 15) is 18.0 Å². The number of hydrogen-bond donors (Lipinski definition) is 2.